The molecule has 0 fully saturated rings. The van der Waals surface area contributed by atoms with Crippen LogP contribution in [0.1, 0.15) is 10.7 Å². The van der Waals surface area contributed by atoms with Crippen LogP contribution in [0.5, 0.6) is 0 Å². The summed E-state index contributed by atoms with van der Waals surface area (Å²) in [4.78, 5) is 4.33. The molecule has 0 atom stereocenters. The third kappa shape index (κ3) is 2.08. The lowest BCUT2D eigenvalue weighted by atomic mass is 10.6. The summed E-state index contributed by atoms with van der Waals surface area (Å²) >= 11 is 7.32. The Balaban J connectivity index is 2.14. The first-order valence-corrected chi connectivity index (χ1v) is 5.10. The lowest BCUT2D eigenvalue weighted by Gasteiger charge is -1.95. The number of rotatable bonds is 2. The van der Waals surface area contributed by atoms with Gasteiger partial charge in [-0.05, 0) is 13.0 Å². The Bertz CT molecular complexity index is 369. The number of aromatic nitrogens is 3. The SMILES string of the molecule is Cc1csc(Cn2ccc(Cl)n2)n1. The Labute approximate surface area is 85.0 Å². The van der Waals surface area contributed by atoms with Gasteiger partial charge in [-0.2, -0.15) is 5.10 Å². The molecule has 0 aliphatic rings. The van der Waals surface area contributed by atoms with Crippen molar-refractivity contribution < 1.29 is 0 Å². The van der Waals surface area contributed by atoms with E-state index in [4.69, 9.17) is 11.6 Å². The van der Waals surface area contributed by atoms with Gasteiger partial charge in [0.2, 0.25) is 0 Å². The van der Waals surface area contributed by atoms with Crippen molar-refractivity contribution in [1.29, 1.82) is 0 Å². The minimum atomic E-state index is 0.522. The molecule has 0 aromatic carbocycles. The van der Waals surface area contributed by atoms with Gasteiger partial charge in [-0.25, -0.2) is 4.98 Å². The Hall–Kier alpha value is -0.870. The van der Waals surface area contributed by atoms with Crippen molar-refractivity contribution in [2.75, 3.05) is 0 Å². The first-order valence-electron chi connectivity index (χ1n) is 3.84. The Morgan fingerprint density at radius 1 is 1.62 bits per heavy atom. The van der Waals surface area contributed by atoms with Gasteiger partial charge in [-0.1, -0.05) is 11.6 Å². The number of hydrogen-bond donors (Lipinski definition) is 0. The van der Waals surface area contributed by atoms with Crippen LogP contribution in [-0.4, -0.2) is 14.8 Å². The average Bonchev–Trinajstić information content (AvgIpc) is 2.62. The fourth-order valence-corrected chi connectivity index (χ4v) is 1.96. The van der Waals surface area contributed by atoms with Crippen LogP contribution in [-0.2, 0) is 6.54 Å². The van der Waals surface area contributed by atoms with E-state index in [9.17, 15) is 0 Å². The van der Waals surface area contributed by atoms with Gasteiger partial charge in [0.05, 0.1) is 6.54 Å². The fraction of sp³-hybridized carbons (Fsp3) is 0.250. The van der Waals surface area contributed by atoms with Crippen molar-refractivity contribution in [3.05, 3.63) is 33.5 Å². The zero-order valence-electron chi connectivity index (χ0n) is 7.07. The van der Waals surface area contributed by atoms with Crippen molar-refractivity contribution in [1.82, 2.24) is 14.8 Å². The van der Waals surface area contributed by atoms with E-state index in [0.717, 1.165) is 10.7 Å². The molecule has 0 bridgehead atoms. The molecule has 0 saturated carbocycles. The third-order valence-corrected chi connectivity index (χ3v) is 2.72. The molecule has 13 heavy (non-hydrogen) atoms. The second-order valence-corrected chi connectivity index (χ2v) is 4.05. The quantitative estimate of drug-likeness (QED) is 0.767. The summed E-state index contributed by atoms with van der Waals surface area (Å²) in [5.41, 5.74) is 1.05. The van der Waals surface area contributed by atoms with Crippen LogP contribution in [0, 0.1) is 6.92 Å². The molecule has 2 aromatic heterocycles. The van der Waals surface area contributed by atoms with Crippen molar-refractivity contribution in [2.24, 2.45) is 0 Å². The van der Waals surface area contributed by atoms with Gasteiger partial charge in [0.1, 0.15) is 5.01 Å². The molecular formula is C8H8ClN3S. The maximum absolute atomic E-state index is 5.68. The summed E-state index contributed by atoms with van der Waals surface area (Å²) in [7, 11) is 0. The van der Waals surface area contributed by atoms with E-state index in [1.54, 1.807) is 22.1 Å². The predicted octanol–water partition coefficient (Wildman–Crippen LogP) is 2.35. The van der Waals surface area contributed by atoms with Crippen LogP contribution in [0.15, 0.2) is 17.6 Å². The van der Waals surface area contributed by atoms with Crippen molar-refractivity contribution >= 4 is 22.9 Å². The first kappa shape index (κ1) is 8.72. The molecule has 0 amide bonds. The van der Waals surface area contributed by atoms with Gasteiger partial charge in [0.15, 0.2) is 5.15 Å². The van der Waals surface area contributed by atoms with Crippen LogP contribution in [0.2, 0.25) is 5.15 Å². The molecule has 0 radical (unpaired) electrons. The van der Waals surface area contributed by atoms with E-state index in [2.05, 4.69) is 10.1 Å². The topological polar surface area (TPSA) is 30.7 Å². The largest absolute Gasteiger partial charge is 0.264 e. The highest BCUT2D eigenvalue weighted by atomic mass is 35.5. The second kappa shape index (κ2) is 3.47. The van der Waals surface area contributed by atoms with Gasteiger partial charge in [0.25, 0.3) is 0 Å². The van der Waals surface area contributed by atoms with E-state index in [0.29, 0.717) is 11.7 Å². The number of nitrogens with zero attached hydrogens (tertiary/aromatic N) is 3. The van der Waals surface area contributed by atoms with Gasteiger partial charge in [-0.15, -0.1) is 11.3 Å². The fourth-order valence-electron chi connectivity index (χ4n) is 1.04. The smallest absolute Gasteiger partial charge is 0.151 e. The highest BCUT2D eigenvalue weighted by molar-refractivity contribution is 7.09. The summed E-state index contributed by atoms with van der Waals surface area (Å²) < 4.78 is 1.78. The molecule has 0 unspecified atom stereocenters. The van der Waals surface area contributed by atoms with Gasteiger partial charge in [0, 0.05) is 17.3 Å². The minimum Gasteiger partial charge on any atom is -0.264 e. The standard InChI is InChI=1S/C8H8ClN3S/c1-6-5-13-8(10-6)4-12-3-2-7(9)11-12/h2-3,5H,4H2,1H3. The molecular weight excluding hydrogens is 206 g/mol. The van der Waals surface area contributed by atoms with E-state index >= 15 is 0 Å². The van der Waals surface area contributed by atoms with E-state index in [-0.39, 0.29) is 0 Å². The van der Waals surface area contributed by atoms with Crippen LogP contribution < -0.4 is 0 Å². The van der Waals surface area contributed by atoms with Crippen LogP contribution in [0.4, 0.5) is 0 Å². The Morgan fingerprint density at radius 2 is 2.46 bits per heavy atom. The lowest BCUT2D eigenvalue weighted by molar-refractivity contribution is 0.682. The number of hydrogen-bond acceptors (Lipinski definition) is 3. The van der Waals surface area contributed by atoms with E-state index < -0.39 is 0 Å². The molecule has 0 aliphatic heterocycles. The summed E-state index contributed by atoms with van der Waals surface area (Å²) in [5, 5.41) is 7.67. The highest BCUT2D eigenvalue weighted by Crippen LogP contribution is 2.11. The predicted molar refractivity (Wildman–Crippen MR) is 53.2 cm³/mol. The Morgan fingerprint density at radius 3 is 3.00 bits per heavy atom. The number of halogens is 1. The molecule has 0 N–H and O–H groups in total. The summed E-state index contributed by atoms with van der Waals surface area (Å²) in [5.74, 6) is 0. The maximum atomic E-state index is 5.68. The normalized spacial score (nSPS) is 10.6. The highest BCUT2D eigenvalue weighted by Gasteiger charge is 2.00. The molecule has 3 nitrogen and oxygen atoms in total. The van der Waals surface area contributed by atoms with Crippen molar-refractivity contribution in [3.8, 4) is 0 Å². The molecule has 2 heterocycles. The van der Waals surface area contributed by atoms with Gasteiger partial charge >= 0.3 is 0 Å². The van der Waals surface area contributed by atoms with Crippen molar-refractivity contribution in [3.63, 3.8) is 0 Å². The zero-order chi connectivity index (χ0) is 9.26. The van der Waals surface area contributed by atoms with Gasteiger partial charge in [-0.3, -0.25) is 4.68 Å². The first-order chi connectivity index (χ1) is 6.24. The molecule has 0 spiro atoms. The molecule has 5 heteroatoms. The number of aryl methyl sites for hydroxylation is 1. The minimum absolute atomic E-state index is 0.522. The van der Waals surface area contributed by atoms with Crippen molar-refractivity contribution in [2.45, 2.75) is 13.5 Å². The summed E-state index contributed by atoms with van der Waals surface area (Å²) in [6, 6.07) is 1.77. The summed E-state index contributed by atoms with van der Waals surface area (Å²) in [6.07, 6.45) is 1.85. The van der Waals surface area contributed by atoms with E-state index in [1.165, 1.54) is 0 Å². The maximum Gasteiger partial charge on any atom is 0.151 e. The second-order valence-electron chi connectivity index (χ2n) is 2.72. The molecule has 68 valence electrons. The van der Waals surface area contributed by atoms with Crippen LogP contribution in [0.3, 0.4) is 0 Å². The van der Waals surface area contributed by atoms with Crippen LogP contribution in [0.25, 0.3) is 0 Å². The monoisotopic (exact) mass is 213 g/mol. The van der Waals surface area contributed by atoms with E-state index in [1.807, 2.05) is 18.5 Å². The molecule has 0 aliphatic carbocycles. The lowest BCUT2D eigenvalue weighted by Crippen LogP contribution is -1.99. The third-order valence-electron chi connectivity index (χ3n) is 1.57. The van der Waals surface area contributed by atoms with Crippen LogP contribution >= 0.6 is 22.9 Å². The molecule has 0 saturated heterocycles. The molecule has 2 rings (SSSR count). The summed E-state index contributed by atoms with van der Waals surface area (Å²) in [6.45, 7) is 2.68. The van der Waals surface area contributed by atoms with Gasteiger partial charge < -0.3 is 0 Å². The average molecular weight is 214 g/mol. The zero-order valence-corrected chi connectivity index (χ0v) is 8.64. The molecule has 2 aromatic rings. The Kier molecular flexibility index (Phi) is 2.33. The number of thiazole rings is 1.